The van der Waals surface area contributed by atoms with Crippen molar-refractivity contribution in [3.05, 3.63) is 54.1 Å². The molecule has 2 rings (SSSR count). The fraction of sp³-hybridized carbons (Fsp3) is 0.312. The first-order valence-corrected chi connectivity index (χ1v) is 7.16. The summed E-state index contributed by atoms with van der Waals surface area (Å²) in [6.07, 6.45) is 7.02. The monoisotopic (exact) mass is 284 g/mol. The number of carbonyl (C=O) groups is 1. The maximum Gasteiger partial charge on any atom is 0.269 e. The highest BCUT2D eigenvalue weighted by molar-refractivity contribution is 5.92. The highest BCUT2D eigenvalue weighted by Crippen LogP contribution is 2.06. The molecule has 5 nitrogen and oxygen atoms in total. The van der Waals surface area contributed by atoms with Crippen LogP contribution in [0.15, 0.2) is 42.9 Å². The summed E-state index contributed by atoms with van der Waals surface area (Å²) in [5, 5.41) is 6.09. The van der Waals surface area contributed by atoms with Crippen LogP contribution in [0.1, 0.15) is 29.4 Å². The molecule has 2 aromatic heterocycles. The van der Waals surface area contributed by atoms with Crippen LogP contribution in [0, 0.1) is 0 Å². The summed E-state index contributed by atoms with van der Waals surface area (Å²) in [6, 6.07) is 7.50. The summed E-state index contributed by atoms with van der Waals surface area (Å²) in [4.78, 5) is 20.1. The number of anilines is 1. The van der Waals surface area contributed by atoms with E-state index in [9.17, 15) is 4.79 Å². The highest BCUT2D eigenvalue weighted by Gasteiger charge is 2.06. The lowest BCUT2D eigenvalue weighted by molar-refractivity contribution is 0.0949. The van der Waals surface area contributed by atoms with Gasteiger partial charge in [0.15, 0.2) is 0 Å². The van der Waals surface area contributed by atoms with Crippen molar-refractivity contribution in [2.24, 2.45) is 0 Å². The summed E-state index contributed by atoms with van der Waals surface area (Å²) in [7, 11) is 0. The summed E-state index contributed by atoms with van der Waals surface area (Å²) in [5.74, 6) is -0.147. The van der Waals surface area contributed by atoms with Crippen LogP contribution in [0.4, 0.5) is 5.69 Å². The van der Waals surface area contributed by atoms with Gasteiger partial charge in [-0.15, -0.1) is 0 Å². The molecule has 2 heterocycles. The van der Waals surface area contributed by atoms with E-state index < -0.39 is 0 Å². The third kappa shape index (κ3) is 4.87. The van der Waals surface area contributed by atoms with Gasteiger partial charge in [-0.25, -0.2) is 4.98 Å². The van der Waals surface area contributed by atoms with Gasteiger partial charge in [-0.1, -0.05) is 6.92 Å². The molecule has 5 heteroatoms. The minimum atomic E-state index is -0.147. The zero-order chi connectivity index (χ0) is 14.9. The maximum absolute atomic E-state index is 12.0. The van der Waals surface area contributed by atoms with Crippen molar-refractivity contribution in [1.29, 1.82) is 0 Å². The SMILES string of the molecule is CCCNc1ccc(C(=O)NCCc2ccncc2)nc1. The van der Waals surface area contributed by atoms with Crippen molar-refractivity contribution in [2.75, 3.05) is 18.4 Å². The van der Waals surface area contributed by atoms with Gasteiger partial charge in [0.25, 0.3) is 5.91 Å². The number of carbonyl (C=O) groups excluding carboxylic acids is 1. The van der Waals surface area contributed by atoms with E-state index in [2.05, 4.69) is 27.5 Å². The summed E-state index contributed by atoms with van der Waals surface area (Å²) < 4.78 is 0. The molecule has 0 atom stereocenters. The Labute approximate surface area is 124 Å². The Hall–Kier alpha value is -2.43. The fourth-order valence-corrected chi connectivity index (χ4v) is 1.86. The second kappa shape index (κ2) is 7.99. The zero-order valence-electron chi connectivity index (χ0n) is 12.2. The number of nitrogens with zero attached hydrogens (tertiary/aromatic N) is 2. The lowest BCUT2D eigenvalue weighted by Gasteiger charge is -2.07. The van der Waals surface area contributed by atoms with Crippen molar-refractivity contribution in [3.8, 4) is 0 Å². The van der Waals surface area contributed by atoms with E-state index >= 15 is 0 Å². The fourth-order valence-electron chi connectivity index (χ4n) is 1.86. The molecule has 0 bridgehead atoms. The van der Waals surface area contributed by atoms with Crippen LogP contribution in [0.3, 0.4) is 0 Å². The number of hydrogen-bond donors (Lipinski definition) is 2. The van der Waals surface area contributed by atoms with E-state index in [1.807, 2.05) is 18.2 Å². The molecule has 0 saturated heterocycles. The second-order valence-electron chi connectivity index (χ2n) is 4.72. The average molecular weight is 284 g/mol. The number of amides is 1. The topological polar surface area (TPSA) is 66.9 Å². The van der Waals surface area contributed by atoms with Gasteiger partial charge in [-0.2, -0.15) is 0 Å². The van der Waals surface area contributed by atoms with Crippen molar-refractivity contribution in [3.63, 3.8) is 0 Å². The molecule has 0 aliphatic carbocycles. The Bertz CT molecular complexity index is 554. The first-order valence-electron chi connectivity index (χ1n) is 7.16. The third-order valence-corrected chi connectivity index (χ3v) is 3.02. The largest absolute Gasteiger partial charge is 0.384 e. The van der Waals surface area contributed by atoms with E-state index in [0.717, 1.165) is 30.6 Å². The molecule has 110 valence electrons. The minimum absolute atomic E-state index is 0.147. The predicted octanol–water partition coefficient (Wildman–Crippen LogP) is 2.27. The highest BCUT2D eigenvalue weighted by atomic mass is 16.1. The van der Waals surface area contributed by atoms with Gasteiger partial charge in [0, 0.05) is 25.5 Å². The van der Waals surface area contributed by atoms with E-state index in [1.165, 1.54) is 0 Å². The summed E-state index contributed by atoms with van der Waals surface area (Å²) >= 11 is 0. The second-order valence-corrected chi connectivity index (χ2v) is 4.72. The average Bonchev–Trinajstić information content (AvgIpc) is 2.54. The van der Waals surface area contributed by atoms with Gasteiger partial charge in [0.05, 0.1) is 11.9 Å². The minimum Gasteiger partial charge on any atom is -0.384 e. The van der Waals surface area contributed by atoms with E-state index in [1.54, 1.807) is 24.7 Å². The number of aromatic nitrogens is 2. The third-order valence-electron chi connectivity index (χ3n) is 3.02. The van der Waals surface area contributed by atoms with Gasteiger partial charge in [0.1, 0.15) is 5.69 Å². The summed E-state index contributed by atoms with van der Waals surface area (Å²) in [6.45, 7) is 3.59. The first-order chi connectivity index (χ1) is 10.3. The Morgan fingerprint density at radius 1 is 1.14 bits per heavy atom. The van der Waals surface area contributed by atoms with Crippen molar-refractivity contribution in [1.82, 2.24) is 15.3 Å². The summed E-state index contributed by atoms with van der Waals surface area (Å²) in [5.41, 5.74) is 2.52. The Kier molecular flexibility index (Phi) is 5.70. The Balaban J connectivity index is 1.80. The van der Waals surface area contributed by atoms with Crippen molar-refractivity contribution >= 4 is 11.6 Å². The first kappa shape index (κ1) is 15.0. The molecule has 2 aromatic rings. The molecular formula is C16H20N4O. The van der Waals surface area contributed by atoms with Crippen LogP contribution >= 0.6 is 0 Å². The van der Waals surface area contributed by atoms with Gasteiger partial charge < -0.3 is 10.6 Å². The smallest absolute Gasteiger partial charge is 0.269 e. The molecule has 0 spiro atoms. The molecule has 2 N–H and O–H groups in total. The van der Waals surface area contributed by atoms with Crippen molar-refractivity contribution < 1.29 is 4.79 Å². The number of nitrogens with one attached hydrogen (secondary N) is 2. The normalized spacial score (nSPS) is 10.1. The maximum atomic E-state index is 12.0. The van der Waals surface area contributed by atoms with Crippen LogP contribution in [0.5, 0.6) is 0 Å². The molecule has 0 radical (unpaired) electrons. The van der Waals surface area contributed by atoms with E-state index in [0.29, 0.717) is 12.2 Å². The van der Waals surface area contributed by atoms with Gasteiger partial charge in [-0.3, -0.25) is 9.78 Å². The van der Waals surface area contributed by atoms with Crippen LogP contribution in [-0.2, 0) is 6.42 Å². The van der Waals surface area contributed by atoms with Crippen LogP contribution in [0.2, 0.25) is 0 Å². The number of hydrogen-bond acceptors (Lipinski definition) is 4. The molecule has 1 amide bonds. The van der Waals surface area contributed by atoms with Crippen LogP contribution in [-0.4, -0.2) is 29.0 Å². The van der Waals surface area contributed by atoms with Crippen molar-refractivity contribution in [2.45, 2.75) is 19.8 Å². The van der Waals surface area contributed by atoms with Crippen LogP contribution in [0.25, 0.3) is 0 Å². The van der Waals surface area contributed by atoms with Crippen LogP contribution < -0.4 is 10.6 Å². The molecule has 0 aromatic carbocycles. The Morgan fingerprint density at radius 3 is 2.62 bits per heavy atom. The molecule has 0 saturated carbocycles. The number of pyridine rings is 2. The molecule has 21 heavy (non-hydrogen) atoms. The molecule has 0 aliphatic heterocycles. The predicted molar refractivity (Wildman–Crippen MR) is 83.3 cm³/mol. The van der Waals surface area contributed by atoms with E-state index in [-0.39, 0.29) is 5.91 Å². The van der Waals surface area contributed by atoms with E-state index in [4.69, 9.17) is 0 Å². The molecule has 0 unspecified atom stereocenters. The molecular weight excluding hydrogens is 264 g/mol. The lowest BCUT2D eigenvalue weighted by atomic mass is 10.2. The molecule has 0 aliphatic rings. The zero-order valence-corrected chi connectivity index (χ0v) is 12.2. The molecule has 0 fully saturated rings. The number of rotatable bonds is 7. The lowest BCUT2D eigenvalue weighted by Crippen LogP contribution is -2.26. The standard InChI is InChI=1S/C16H20N4O/c1-2-8-18-14-3-4-15(20-12-14)16(21)19-11-7-13-5-9-17-10-6-13/h3-6,9-10,12,18H,2,7-8,11H2,1H3,(H,19,21). The van der Waals surface area contributed by atoms with Gasteiger partial charge in [-0.05, 0) is 42.7 Å². The van der Waals surface area contributed by atoms with Gasteiger partial charge >= 0.3 is 0 Å². The Morgan fingerprint density at radius 2 is 1.95 bits per heavy atom. The quantitative estimate of drug-likeness (QED) is 0.818. The van der Waals surface area contributed by atoms with Gasteiger partial charge in [0.2, 0.25) is 0 Å².